The average molecular weight is 274 g/mol. The molecule has 2 N–H and O–H groups in total. The molecule has 0 bridgehead atoms. The topological polar surface area (TPSA) is 24.1 Å². The molecule has 0 unspecified atom stereocenters. The molecule has 0 radical (unpaired) electrons. The van der Waals surface area contributed by atoms with E-state index < -0.39 is 11.6 Å². The van der Waals surface area contributed by atoms with Gasteiger partial charge in [0.25, 0.3) is 0 Å². The van der Waals surface area contributed by atoms with Crippen LogP contribution in [0.5, 0.6) is 0 Å². The molecule has 0 saturated heterocycles. The van der Waals surface area contributed by atoms with E-state index in [2.05, 4.69) is 16.7 Å². The highest BCUT2D eigenvalue weighted by Crippen LogP contribution is 2.26. The van der Waals surface area contributed by atoms with E-state index in [-0.39, 0.29) is 0 Å². The van der Waals surface area contributed by atoms with Crippen molar-refractivity contribution in [1.29, 1.82) is 0 Å². The normalized spacial score (nSPS) is 13.5. The summed E-state index contributed by atoms with van der Waals surface area (Å²) in [6.45, 7) is 1.51. The molecular weight excluding hydrogens is 258 g/mol. The number of fused-ring (bicyclic) bond motifs is 1. The highest BCUT2D eigenvalue weighted by atomic mass is 19.1. The Bertz CT molecular complexity index is 606. The molecule has 0 aliphatic carbocycles. The maximum atomic E-state index is 13.1. The fourth-order valence-electron chi connectivity index (χ4n) is 2.58. The second kappa shape index (κ2) is 5.49. The van der Waals surface area contributed by atoms with Gasteiger partial charge in [0, 0.05) is 30.5 Å². The van der Waals surface area contributed by atoms with Crippen LogP contribution in [-0.2, 0) is 13.0 Å². The smallest absolute Gasteiger partial charge is 0.128 e. The third kappa shape index (κ3) is 2.74. The van der Waals surface area contributed by atoms with Crippen molar-refractivity contribution >= 4 is 11.4 Å². The molecule has 0 spiro atoms. The van der Waals surface area contributed by atoms with Gasteiger partial charge in [-0.1, -0.05) is 18.2 Å². The van der Waals surface area contributed by atoms with Crippen molar-refractivity contribution in [2.45, 2.75) is 19.4 Å². The van der Waals surface area contributed by atoms with Gasteiger partial charge in [-0.2, -0.15) is 0 Å². The van der Waals surface area contributed by atoms with Crippen molar-refractivity contribution in [3.63, 3.8) is 0 Å². The molecule has 104 valence electrons. The maximum Gasteiger partial charge on any atom is 0.128 e. The molecule has 0 atom stereocenters. The Morgan fingerprint density at radius 2 is 1.90 bits per heavy atom. The fourth-order valence-corrected chi connectivity index (χ4v) is 2.58. The zero-order chi connectivity index (χ0) is 13.9. The van der Waals surface area contributed by atoms with Crippen LogP contribution in [0.3, 0.4) is 0 Å². The van der Waals surface area contributed by atoms with Crippen molar-refractivity contribution in [2.24, 2.45) is 0 Å². The SMILES string of the molecule is Fc1cc(F)cc(NCc2cccc3c2NCCC3)c1. The van der Waals surface area contributed by atoms with Crippen molar-refractivity contribution in [2.75, 3.05) is 17.2 Å². The van der Waals surface area contributed by atoms with E-state index in [0.29, 0.717) is 12.2 Å². The van der Waals surface area contributed by atoms with Crippen LogP contribution in [0, 0.1) is 11.6 Å². The summed E-state index contributed by atoms with van der Waals surface area (Å²) in [7, 11) is 0. The van der Waals surface area contributed by atoms with E-state index >= 15 is 0 Å². The first-order chi connectivity index (χ1) is 9.72. The zero-order valence-corrected chi connectivity index (χ0v) is 11.0. The lowest BCUT2D eigenvalue weighted by molar-refractivity contribution is 0.584. The van der Waals surface area contributed by atoms with E-state index in [0.717, 1.165) is 36.7 Å². The first-order valence-corrected chi connectivity index (χ1v) is 6.77. The molecule has 2 aromatic carbocycles. The molecule has 0 saturated carbocycles. The summed E-state index contributed by atoms with van der Waals surface area (Å²) in [6.07, 6.45) is 2.21. The van der Waals surface area contributed by atoms with Gasteiger partial charge >= 0.3 is 0 Å². The van der Waals surface area contributed by atoms with Gasteiger partial charge in [0.05, 0.1) is 0 Å². The van der Waals surface area contributed by atoms with Gasteiger partial charge < -0.3 is 10.6 Å². The molecule has 0 fully saturated rings. The van der Waals surface area contributed by atoms with Crippen LogP contribution in [0.15, 0.2) is 36.4 Å². The zero-order valence-electron chi connectivity index (χ0n) is 11.0. The van der Waals surface area contributed by atoms with E-state index in [1.165, 1.54) is 17.7 Å². The molecular formula is C16H16F2N2. The van der Waals surface area contributed by atoms with Gasteiger partial charge in [-0.25, -0.2) is 8.78 Å². The predicted molar refractivity (Wildman–Crippen MR) is 76.9 cm³/mol. The Morgan fingerprint density at radius 1 is 1.10 bits per heavy atom. The summed E-state index contributed by atoms with van der Waals surface area (Å²) in [5.41, 5.74) is 4.03. The number of benzene rings is 2. The number of halogens is 2. The molecule has 1 heterocycles. The first-order valence-electron chi connectivity index (χ1n) is 6.77. The molecule has 2 nitrogen and oxygen atoms in total. The van der Waals surface area contributed by atoms with Crippen LogP contribution in [0.2, 0.25) is 0 Å². The lowest BCUT2D eigenvalue weighted by Crippen LogP contribution is -2.15. The highest BCUT2D eigenvalue weighted by molar-refractivity contribution is 5.60. The molecule has 0 aromatic heterocycles. The molecule has 3 rings (SSSR count). The summed E-state index contributed by atoms with van der Waals surface area (Å²) in [5, 5.41) is 6.47. The molecule has 4 heteroatoms. The van der Waals surface area contributed by atoms with Crippen molar-refractivity contribution in [1.82, 2.24) is 0 Å². The fraction of sp³-hybridized carbons (Fsp3) is 0.250. The lowest BCUT2D eigenvalue weighted by atomic mass is 9.99. The van der Waals surface area contributed by atoms with Crippen LogP contribution in [-0.4, -0.2) is 6.54 Å². The summed E-state index contributed by atoms with van der Waals surface area (Å²) < 4.78 is 26.3. The first kappa shape index (κ1) is 12.9. The van der Waals surface area contributed by atoms with Gasteiger partial charge in [-0.3, -0.25) is 0 Å². The quantitative estimate of drug-likeness (QED) is 0.886. The number of anilines is 2. The van der Waals surface area contributed by atoms with Crippen LogP contribution in [0.1, 0.15) is 17.5 Å². The molecule has 0 amide bonds. The number of para-hydroxylation sites is 1. The minimum atomic E-state index is -0.569. The molecule has 1 aliphatic rings. The average Bonchev–Trinajstić information content (AvgIpc) is 2.44. The van der Waals surface area contributed by atoms with Crippen molar-refractivity contribution < 1.29 is 8.78 Å². The minimum absolute atomic E-state index is 0.455. The number of hydrogen-bond acceptors (Lipinski definition) is 2. The van der Waals surface area contributed by atoms with Gasteiger partial charge in [0.1, 0.15) is 11.6 Å². The monoisotopic (exact) mass is 274 g/mol. The molecule has 20 heavy (non-hydrogen) atoms. The summed E-state index contributed by atoms with van der Waals surface area (Å²) >= 11 is 0. The Hall–Kier alpha value is -2.10. The van der Waals surface area contributed by atoms with E-state index in [4.69, 9.17) is 0 Å². The van der Waals surface area contributed by atoms with Crippen LogP contribution < -0.4 is 10.6 Å². The second-order valence-corrected chi connectivity index (χ2v) is 4.99. The van der Waals surface area contributed by atoms with Gasteiger partial charge in [-0.15, -0.1) is 0 Å². The van der Waals surface area contributed by atoms with Crippen molar-refractivity contribution in [3.8, 4) is 0 Å². The number of nitrogens with one attached hydrogen (secondary N) is 2. The Morgan fingerprint density at radius 3 is 2.70 bits per heavy atom. The Labute approximate surface area is 116 Å². The van der Waals surface area contributed by atoms with Crippen molar-refractivity contribution in [3.05, 3.63) is 59.2 Å². The molecule has 1 aliphatic heterocycles. The van der Waals surface area contributed by atoms with Gasteiger partial charge in [-0.05, 0) is 36.1 Å². The minimum Gasteiger partial charge on any atom is -0.385 e. The number of aryl methyl sites for hydroxylation is 1. The van der Waals surface area contributed by atoms with Crippen LogP contribution in [0.4, 0.5) is 20.2 Å². The van der Waals surface area contributed by atoms with Crippen LogP contribution >= 0.6 is 0 Å². The summed E-state index contributed by atoms with van der Waals surface area (Å²) in [6, 6.07) is 9.64. The highest BCUT2D eigenvalue weighted by Gasteiger charge is 2.12. The third-order valence-electron chi connectivity index (χ3n) is 3.51. The van der Waals surface area contributed by atoms with E-state index in [9.17, 15) is 8.78 Å². The summed E-state index contributed by atoms with van der Waals surface area (Å²) in [5.74, 6) is -1.14. The third-order valence-corrected chi connectivity index (χ3v) is 3.51. The lowest BCUT2D eigenvalue weighted by Gasteiger charge is -2.21. The van der Waals surface area contributed by atoms with E-state index in [1.54, 1.807) is 0 Å². The second-order valence-electron chi connectivity index (χ2n) is 4.99. The largest absolute Gasteiger partial charge is 0.385 e. The predicted octanol–water partition coefficient (Wildman–Crippen LogP) is 3.94. The number of rotatable bonds is 3. The van der Waals surface area contributed by atoms with E-state index in [1.807, 2.05) is 12.1 Å². The molecule has 2 aromatic rings. The maximum absolute atomic E-state index is 13.1. The van der Waals surface area contributed by atoms with Gasteiger partial charge in [0.2, 0.25) is 0 Å². The van der Waals surface area contributed by atoms with Gasteiger partial charge in [0.15, 0.2) is 0 Å². The Kier molecular flexibility index (Phi) is 3.54. The van der Waals surface area contributed by atoms with Crippen LogP contribution in [0.25, 0.3) is 0 Å². The Balaban J connectivity index is 1.78. The number of hydrogen-bond donors (Lipinski definition) is 2. The standard InChI is InChI=1S/C16H16F2N2/c17-13-7-14(18)9-15(8-13)20-10-12-4-1-3-11-5-2-6-19-16(11)12/h1,3-4,7-9,19-20H,2,5-6,10H2. The summed E-state index contributed by atoms with van der Waals surface area (Å²) in [4.78, 5) is 0.